The third kappa shape index (κ3) is 3.58. The summed E-state index contributed by atoms with van der Waals surface area (Å²) in [7, 11) is 0.0412. The third-order valence-corrected chi connectivity index (χ3v) is 5.86. The number of methoxy groups -OCH3 is 1. The second-order valence-electron chi connectivity index (χ2n) is 7.09. The van der Waals surface area contributed by atoms with Crippen LogP contribution in [-0.2, 0) is 26.1 Å². The molecule has 0 saturated carbocycles. The van der Waals surface area contributed by atoms with Crippen LogP contribution in [0.4, 0.5) is 0 Å². The smallest absolute Gasteiger partial charge is 0.313 e. The number of carbonyl (C=O) groups excluding carboxylic acids is 1. The van der Waals surface area contributed by atoms with E-state index in [2.05, 4.69) is 4.72 Å². The Morgan fingerprint density at radius 2 is 1.55 bits per heavy atom. The van der Waals surface area contributed by atoms with Gasteiger partial charge in [-0.25, -0.2) is 8.93 Å². The molecule has 0 amide bonds. The van der Waals surface area contributed by atoms with E-state index in [1.807, 2.05) is 58.0 Å². The maximum atomic E-state index is 12.7. The van der Waals surface area contributed by atoms with Crippen LogP contribution in [0.25, 0.3) is 0 Å². The van der Waals surface area contributed by atoms with Crippen LogP contribution in [0.3, 0.4) is 0 Å². The van der Waals surface area contributed by atoms with Gasteiger partial charge in [-0.15, -0.1) is 0 Å². The third-order valence-electron chi connectivity index (χ3n) is 4.15. The zero-order valence-corrected chi connectivity index (χ0v) is 15.3. The summed E-state index contributed by atoms with van der Waals surface area (Å²) in [5.74, 6) is -0.350. The first kappa shape index (κ1) is 18.8. The summed E-state index contributed by atoms with van der Waals surface area (Å²) in [6.07, 6.45) is 0. The van der Waals surface area contributed by atoms with Crippen molar-refractivity contribution in [2.24, 2.45) is 5.41 Å². The van der Waals surface area contributed by atoms with Crippen LogP contribution in [0, 0.1) is 5.41 Å². The van der Waals surface area contributed by atoms with Crippen LogP contribution in [0.15, 0.2) is 30.3 Å². The normalized spacial score (nSPS) is 16.7. The molecule has 0 radical (unpaired) electrons. The fourth-order valence-corrected chi connectivity index (χ4v) is 3.17. The SMILES string of the molecule is COC(=O)C(C)(C)[C@](C)(N[S@](=O)C(C)(C)C)c1ccccc1. The van der Waals surface area contributed by atoms with Crippen molar-refractivity contribution in [2.75, 3.05) is 7.11 Å². The number of hydrogen-bond acceptors (Lipinski definition) is 3. The van der Waals surface area contributed by atoms with Crippen molar-refractivity contribution >= 4 is 17.0 Å². The quantitative estimate of drug-likeness (QED) is 0.846. The largest absolute Gasteiger partial charge is 0.469 e. The lowest BCUT2D eigenvalue weighted by atomic mass is 9.70. The van der Waals surface area contributed by atoms with Gasteiger partial charge in [-0.1, -0.05) is 30.3 Å². The zero-order chi connectivity index (χ0) is 17.2. The van der Waals surface area contributed by atoms with Gasteiger partial charge in [-0.05, 0) is 47.1 Å². The van der Waals surface area contributed by atoms with Gasteiger partial charge in [0.05, 0.1) is 33.8 Å². The first-order chi connectivity index (χ1) is 9.96. The minimum absolute atomic E-state index is 0.350. The molecular weight excluding hydrogens is 298 g/mol. The van der Waals surface area contributed by atoms with Crippen LogP contribution >= 0.6 is 0 Å². The van der Waals surface area contributed by atoms with Crippen LogP contribution in [0.2, 0.25) is 0 Å². The Kier molecular flexibility index (Phi) is 5.57. The average molecular weight is 325 g/mol. The lowest BCUT2D eigenvalue weighted by Crippen LogP contribution is -2.57. The Labute approximate surface area is 136 Å². The predicted molar refractivity (Wildman–Crippen MR) is 90.6 cm³/mol. The second-order valence-corrected chi connectivity index (χ2v) is 9.06. The molecule has 5 heteroatoms. The number of esters is 1. The molecule has 2 atom stereocenters. The van der Waals surface area contributed by atoms with Gasteiger partial charge >= 0.3 is 5.97 Å². The van der Waals surface area contributed by atoms with Crippen LogP contribution < -0.4 is 4.72 Å². The molecule has 0 aliphatic carbocycles. The maximum Gasteiger partial charge on any atom is 0.313 e. The monoisotopic (exact) mass is 325 g/mol. The molecule has 22 heavy (non-hydrogen) atoms. The van der Waals surface area contributed by atoms with E-state index in [4.69, 9.17) is 4.74 Å². The van der Waals surface area contributed by atoms with E-state index in [0.717, 1.165) is 5.56 Å². The van der Waals surface area contributed by atoms with Gasteiger partial charge in [-0.3, -0.25) is 4.79 Å². The minimum atomic E-state index is -1.33. The molecule has 0 fully saturated rings. The van der Waals surface area contributed by atoms with E-state index >= 15 is 0 Å². The van der Waals surface area contributed by atoms with Gasteiger partial charge in [0.1, 0.15) is 0 Å². The van der Waals surface area contributed by atoms with Crippen molar-refractivity contribution in [3.05, 3.63) is 35.9 Å². The first-order valence-corrected chi connectivity index (χ1v) is 8.45. The molecule has 0 saturated heterocycles. The molecule has 0 aliphatic rings. The van der Waals surface area contributed by atoms with Gasteiger partial charge in [0.25, 0.3) is 0 Å². The van der Waals surface area contributed by atoms with Crippen molar-refractivity contribution in [2.45, 2.75) is 51.8 Å². The lowest BCUT2D eigenvalue weighted by Gasteiger charge is -2.44. The standard InChI is InChI=1S/C17H27NO3S/c1-15(2,3)22(20)18-17(6,13-11-9-8-10-12-13)16(4,5)14(19)21-7/h8-12,18H,1-7H3/t17-,22-/m1/s1. The first-order valence-electron chi connectivity index (χ1n) is 7.30. The van der Waals surface area contributed by atoms with E-state index < -0.39 is 26.7 Å². The number of carbonyl (C=O) groups is 1. The highest BCUT2D eigenvalue weighted by atomic mass is 32.2. The van der Waals surface area contributed by atoms with Crippen molar-refractivity contribution in [3.63, 3.8) is 0 Å². The highest BCUT2D eigenvalue weighted by Crippen LogP contribution is 2.41. The molecule has 124 valence electrons. The predicted octanol–water partition coefficient (Wildman–Crippen LogP) is 3.15. The number of hydrogen-bond donors (Lipinski definition) is 1. The Bertz CT molecular complexity index is 549. The van der Waals surface area contributed by atoms with E-state index in [1.165, 1.54) is 7.11 Å². The van der Waals surface area contributed by atoms with Crippen LogP contribution in [0.5, 0.6) is 0 Å². The van der Waals surface area contributed by atoms with E-state index in [-0.39, 0.29) is 5.97 Å². The number of ether oxygens (including phenoxy) is 1. The summed E-state index contributed by atoms with van der Waals surface area (Å²) in [5.41, 5.74) is -0.841. The molecule has 0 spiro atoms. The van der Waals surface area contributed by atoms with Gasteiger partial charge in [0.2, 0.25) is 0 Å². The highest BCUT2D eigenvalue weighted by molar-refractivity contribution is 7.84. The van der Waals surface area contributed by atoms with E-state index in [1.54, 1.807) is 13.8 Å². The van der Waals surface area contributed by atoms with Crippen molar-refractivity contribution in [1.29, 1.82) is 0 Å². The maximum absolute atomic E-state index is 12.7. The number of benzene rings is 1. The van der Waals surface area contributed by atoms with Gasteiger partial charge in [-0.2, -0.15) is 0 Å². The molecule has 0 aromatic heterocycles. The van der Waals surface area contributed by atoms with Crippen LogP contribution in [0.1, 0.15) is 47.1 Å². The summed E-state index contributed by atoms with van der Waals surface area (Å²) < 4.78 is 20.4. The summed E-state index contributed by atoms with van der Waals surface area (Å²) in [4.78, 5) is 12.3. The molecule has 1 aromatic carbocycles. The van der Waals surface area contributed by atoms with Crippen molar-refractivity contribution in [3.8, 4) is 0 Å². The van der Waals surface area contributed by atoms with E-state index in [9.17, 15) is 9.00 Å². The molecule has 0 unspecified atom stereocenters. The van der Waals surface area contributed by atoms with Gasteiger partial charge in [0, 0.05) is 0 Å². The molecule has 4 nitrogen and oxygen atoms in total. The molecule has 1 N–H and O–H groups in total. The topological polar surface area (TPSA) is 55.4 Å². The minimum Gasteiger partial charge on any atom is -0.469 e. The highest BCUT2D eigenvalue weighted by Gasteiger charge is 2.50. The summed E-state index contributed by atoms with van der Waals surface area (Å²) in [5, 5.41) is 0. The summed E-state index contributed by atoms with van der Waals surface area (Å²) in [6, 6.07) is 9.58. The van der Waals surface area contributed by atoms with Gasteiger partial charge in [0.15, 0.2) is 0 Å². The number of rotatable bonds is 5. The van der Waals surface area contributed by atoms with E-state index in [0.29, 0.717) is 0 Å². The average Bonchev–Trinajstić information content (AvgIpc) is 2.45. The Balaban J connectivity index is 3.40. The second kappa shape index (κ2) is 6.50. The number of nitrogens with one attached hydrogen (secondary N) is 1. The lowest BCUT2D eigenvalue weighted by molar-refractivity contribution is -0.155. The summed E-state index contributed by atoms with van der Waals surface area (Å²) >= 11 is 0. The summed E-state index contributed by atoms with van der Waals surface area (Å²) in [6.45, 7) is 11.2. The molecule has 1 rings (SSSR count). The Morgan fingerprint density at radius 3 is 1.95 bits per heavy atom. The molecular formula is C17H27NO3S. The van der Waals surface area contributed by atoms with Gasteiger partial charge < -0.3 is 4.74 Å². The van der Waals surface area contributed by atoms with Crippen molar-refractivity contribution < 1.29 is 13.7 Å². The fourth-order valence-electron chi connectivity index (χ4n) is 2.12. The Hall–Kier alpha value is -1.20. The zero-order valence-electron chi connectivity index (χ0n) is 14.5. The van der Waals surface area contributed by atoms with Crippen LogP contribution in [-0.4, -0.2) is 22.0 Å². The molecule has 0 aliphatic heterocycles. The molecule has 1 aromatic rings. The molecule has 0 heterocycles. The Morgan fingerprint density at radius 1 is 1.05 bits per heavy atom. The van der Waals surface area contributed by atoms with Crippen molar-refractivity contribution in [1.82, 2.24) is 4.72 Å². The fraction of sp³-hybridized carbons (Fsp3) is 0.588. The molecule has 0 bridgehead atoms.